The molecule has 1 rings (SSSR count). The molecule has 5 atom stereocenters. The van der Waals surface area contributed by atoms with Gasteiger partial charge in [0.15, 0.2) is 6.29 Å². The summed E-state index contributed by atoms with van der Waals surface area (Å²) in [5.74, 6) is -1.50. The summed E-state index contributed by atoms with van der Waals surface area (Å²) in [6, 6.07) is -1.68. The third-order valence-electron chi connectivity index (χ3n) is 2.39. The Kier molecular flexibility index (Phi) is 6.02. The molecule has 0 saturated carbocycles. The van der Waals surface area contributed by atoms with Crippen LogP contribution < -0.4 is 34.9 Å². The number of ether oxygens (including phenoxy) is 1. The van der Waals surface area contributed by atoms with Gasteiger partial charge in [-0.3, -0.25) is 8.98 Å². The van der Waals surface area contributed by atoms with Crippen LogP contribution in [0.3, 0.4) is 0 Å². The first-order valence-corrected chi connectivity index (χ1v) is 6.27. The number of hydrogen-bond acceptors (Lipinski definition) is 9. The fraction of sp³-hybridized carbons (Fsp3) is 0.875. The predicted octanol–water partition coefficient (Wildman–Crippen LogP) is -6.59. The summed E-state index contributed by atoms with van der Waals surface area (Å²) < 4.78 is 60.0. The molecule has 20 heavy (non-hydrogen) atoms. The monoisotopic (exact) mass is 326 g/mol. The molecular formula is C8H14NNaO9S. The molecule has 0 aromatic rings. The second-order valence-corrected chi connectivity index (χ2v) is 4.79. The first-order valence-electron chi connectivity index (χ1n) is 6.44. The average molecular weight is 326 g/mol. The van der Waals surface area contributed by atoms with Crippen molar-refractivity contribution >= 4 is 16.3 Å². The SMILES string of the molecule is [2H]C([2H])([2H])C(=O)N[C@H]1C(O)O[C@H](COS(=O)(=O)[O-])[C@@H](O)[C@@H]1O.[Na+]. The molecule has 1 amide bonds. The van der Waals surface area contributed by atoms with Gasteiger partial charge in [-0.15, -0.1) is 0 Å². The van der Waals surface area contributed by atoms with Gasteiger partial charge in [-0.25, -0.2) is 8.42 Å². The van der Waals surface area contributed by atoms with E-state index in [1.807, 2.05) is 0 Å². The van der Waals surface area contributed by atoms with Crippen LogP contribution in [0.2, 0.25) is 0 Å². The van der Waals surface area contributed by atoms with E-state index < -0.39 is 60.4 Å². The molecular weight excluding hydrogens is 309 g/mol. The van der Waals surface area contributed by atoms with Crippen LogP contribution in [0.4, 0.5) is 0 Å². The van der Waals surface area contributed by atoms with Gasteiger partial charge in [0, 0.05) is 11.0 Å². The summed E-state index contributed by atoms with van der Waals surface area (Å²) in [6.45, 7) is -4.04. The molecule has 12 heteroatoms. The number of rotatable bonds is 4. The Labute approximate surface area is 141 Å². The van der Waals surface area contributed by atoms with E-state index in [1.165, 1.54) is 0 Å². The molecule has 0 bridgehead atoms. The second-order valence-electron chi connectivity index (χ2n) is 3.74. The molecule has 0 spiro atoms. The van der Waals surface area contributed by atoms with Gasteiger partial charge in [-0.05, 0) is 0 Å². The first kappa shape index (κ1) is 15.1. The van der Waals surface area contributed by atoms with Crippen LogP contribution in [-0.4, -0.2) is 71.4 Å². The molecule has 4 N–H and O–H groups in total. The Morgan fingerprint density at radius 3 is 2.55 bits per heavy atom. The van der Waals surface area contributed by atoms with Crippen LogP contribution in [0, 0.1) is 0 Å². The Bertz CT molecular complexity index is 515. The van der Waals surface area contributed by atoms with Gasteiger partial charge in [-0.1, -0.05) is 0 Å². The molecule has 0 radical (unpaired) electrons. The molecule has 1 heterocycles. The van der Waals surface area contributed by atoms with Crippen LogP contribution in [0.1, 0.15) is 11.0 Å². The van der Waals surface area contributed by atoms with Crippen molar-refractivity contribution in [3.8, 4) is 0 Å². The molecule has 1 unspecified atom stereocenters. The molecule has 1 fully saturated rings. The van der Waals surface area contributed by atoms with E-state index in [0.717, 1.165) is 0 Å². The fourth-order valence-electron chi connectivity index (χ4n) is 1.54. The maximum absolute atomic E-state index is 11.3. The van der Waals surface area contributed by atoms with Crippen molar-refractivity contribution in [3.63, 3.8) is 0 Å². The summed E-state index contributed by atoms with van der Waals surface area (Å²) in [5, 5.41) is 30.8. The van der Waals surface area contributed by atoms with Crippen molar-refractivity contribution in [1.82, 2.24) is 5.32 Å². The number of aliphatic hydroxyl groups excluding tert-OH is 3. The van der Waals surface area contributed by atoms with E-state index in [1.54, 1.807) is 5.32 Å². The largest absolute Gasteiger partial charge is 1.00 e. The van der Waals surface area contributed by atoms with Crippen molar-refractivity contribution < 1.29 is 75.7 Å². The zero-order valence-corrected chi connectivity index (χ0v) is 13.1. The van der Waals surface area contributed by atoms with E-state index in [2.05, 4.69) is 4.18 Å². The molecule has 10 nitrogen and oxygen atoms in total. The van der Waals surface area contributed by atoms with Crippen LogP contribution in [-0.2, 0) is 24.1 Å². The van der Waals surface area contributed by atoms with Gasteiger partial charge in [0.1, 0.15) is 24.4 Å². The van der Waals surface area contributed by atoms with E-state index in [-0.39, 0.29) is 29.6 Å². The van der Waals surface area contributed by atoms with Crippen molar-refractivity contribution in [2.45, 2.75) is 37.5 Å². The zero-order valence-electron chi connectivity index (χ0n) is 13.3. The zero-order chi connectivity index (χ0) is 17.3. The molecule has 1 saturated heterocycles. The van der Waals surface area contributed by atoms with Crippen LogP contribution in [0.15, 0.2) is 0 Å². The van der Waals surface area contributed by atoms with Gasteiger partial charge in [0.05, 0.1) is 6.61 Å². The standard InChI is InChI=1S/C8H15NO9S.Na/c1-3(10)9-5-7(12)6(11)4(18-8(5)13)2-17-19(14,15)16;/h4-8,11-13H,2H2,1H3,(H,9,10)(H,14,15,16);/q;+1/p-1/t4-,5-,6-,7-,8?;/m1./s1/i1D3;. The summed E-state index contributed by atoms with van der Waals surface area (Å²) >= 11 is 0. The number of aliphatic hydroxyl groups is 3. The third kappa shape index (κ3) is 5.89. The number of nitrogens with one attached hydrogen (secondary N) is 1. The number of carbonyl (C=O) groups is 1. The van der Waals surface area contributed by atoms with Gasteiger partial charge in [0.25, 0.3) is 0 Å². The summed E-state index contributed by atoms with van der Waals surface area (Å²) in [6.07, 6.45) is -7.30. The summed E-state index contributed by atoms with van der Waals surface area (Å²) in [4.78, 5) is 11.3. The minimum atomic E-state index is -5.08. The van der Waals surface area contributed by atoms with Crippen LogP contribution in [0.5, 0.6) is 0 Å². The van der Waals surface area contributed by atoms with E-state index in [4.69, 9.17) is 8.85 Å². The third-order valence-corrected chi connectivity index (χ3v) is 2.82. The maximum Gasteiger partial charge on any atom is 1.00 e. The van der Waals surface area contributed by atoms with Crippen LogP contribution in [0.25, 0.3) is 0 Å². The van der Waals surface area contributed by atoms with Crippen molar-refractivity contribution in [1.29, 1.82) is 0 Å². The summed E-state index contributed by atoms with van der Waals surface area (Å²) in [7, 11) is -5.08. The Balaban J connectivity index is 0.00000484. The predicted molar refractivity (Wildman–Crippen MR) is 56.1 cm³/mol. The number of hydrogen-bond donors (Lipinski definition) is 4. The normalized spacial score (nSPS) is 37.0. The topological polar surface area (TPSA) is 165 Å². The van der Waals surface area contributed by atoms with Crippen LogP contribution >= 0.6 is 0 Å². The Morgan fingerprint density at radius 2 is 2.05 bits per heavy atom. The van der Waals surface area contributed by atoms with E-state index >= 15 is 0 Å². The van der Waals surface area contributed by atoms with E-state index in [9.17, 15) is 33.1 Å². The average Bonchev–Trinajstić information content (AvgIpc) is 2.34. The molecule has 1 aliphatic heterocycles. The Hall–Kier alpha value is 0.180. The summed E-state index contributed by atoms with van der Waals surface area (Å²) in [5.41, 5.74) is 0. The fourth-order valence-corrected chi connectivity index (χ4v) is 1.84. The molecule has 0 aromatic heterocycles. The van der Waals surface area contributed by atoms with Crippen molar-refractivity contribution in [2.75, 3.05) is 6.61 Å². The van der Waals surface area contributed by atoms with Gasteiger partial charge >= 0.3 is 29.6 Å². The molecule has 1 aliphatic rings. The van der Waals surface area contributed by atoms with Gasteiger partial charge < -0.3 is 29.9 Å². The number of amides is 1. The minimum Gasteiger partial charge on any atom is -0.726 e. The molecule has 0 aliphatic carbocycles. The van der Waals surface area contributed by atoms with Gasteiger partial charge in [-0.2, -0.15) is 0 Å². The van der Waals surface area contributed by atoms with Crippen molar-refractivity contribution in [2.24, 2.45) is 0 Å². The van der Waals surface area contributed by atoms with Crippen molar-refractivity contribution in [3.05, 3.63) is 0 Å². The number of carbonyl (C=O) groups excluding carboxylic acids is 1. The Morgan fingerprint density at radius 1 is 1.45 bits per heavy atom. The molecule has 0 aromatic carbocycles. The second kappa shape index (κ2) is 7.98. The maximum atomic E-state index is 11.3. The molecule has 112 valence electrons. The quantitative estimate of drug-likeness (QED) is 0.223. The first-order chi connectivity index (χ1) is 9.83. The smallest absolute Gasteiger partial charge is 0.726 e. The minimum absolute atomic E-state index is 0. The van der Waals surface area contributed by atoms with Gasteiger partial charge in [0.2, 0.25) is 16.3 Å². The van der Waals surface area contributed by atoms with E-state index in [0.29, 0.717) is 0 Å².